The summed E-state index contributed by atoms with van der Waals surface area (Å²) < 4.78 is 6.22. The summed E-state index contributed by atoms with van der Waals surface area (Å²) in [6.07, 6.45) is 13.4. The summed E-state index contributed by atoms with van der Waals surface area (Å²) in [6.45, 7) is 6.63. The second-order valence-corrected chi connectivity index (χ2v) is 10.6. The quantitative estimate of drug-likeness (QED) is 0.639. The summed E-state index contributed by atoms with van der Waals surface area (Å²) in [5, 5.41) is 9.89. The van der Waals surface area contributed by atoms with Crippen molar-refractivity contribution >= 4 is 5.97 Å². The maximum Gasteiger partial charge on any atom is 0.336 e. The number of ether oxygens (including phenoxy) is 1. The molecule has 4 nitrogen and oxygen atoms in total. The summed E-state index contributed by atoms with van der Waals surface area (Å²) in [5.74, 6) is 2.11. The van der Waals surface area contributed by atoms with E-state index >= 15 is 0 Å². The van der Waals surface area contributed by atoms with Gasteiger partial charge in [-0.1, -0.05) is 19.1 Å². The number of esters is 1. The van der Waals surface area contributed by atoms with Gasteiger partial charge in [0.2, 0.25) is 0 Å². The third-order valence-electron chi connectivity index (χ3n) is 8.65. The lowest BCUT2D eigenvalue weighted by molar-refractivity contribution is -0.153. The maximum atomic E-state index is 13.0. The average molecular weight is 422 g/mol. The second kappa shape index (κ2) is 7.72. The van der Waals surface area contributed by atoms with Crippen LogP contribution in [0.25, 0.3) is 0 Å². The maximum absolute atomic E-state index is 13.0. The van der Waals surface area contributed by atoms with Crippen molar-refractivity contribution in [1.29, 1.82) is 0 Å². The zero-order valence-electron chi connectivity index (χ0n) is 19.0. The van der Waals surface area contributed by atoms with Crippen LogP contribution >= 0.6 is 0 Å². The van der Waals surface area contributed by atoms with Gasteiger partial charge in [-0.25, -0.2) is 4.79 Å². The van der Waals surface area contributed by atoms with E-state index < -0.39 is 0 Å². The second-order valence-electron chi connectivity index (χ2n) is 10.6. The van der Waals surface area contributed by atoms with E-state index in [0.717, 1.165) is 37.7 Å². The Morgan fingerprint density at radius 1 is 1.23 bits per heavy atom. The van der Waals surface area contributed by atoms with E-state index in [0.29, 0.717) is 36.0 Å². The van der Waals surface area contributed by atoms with Crippen molar-refractivity contribution in [1.82, 2.24) is 4.90 Å². The molecule has 1 aliphatic heterocycles. The summed E-state index contributed by atoms with van der Waals surface area (Å²) in [4.78, 5) is 15.1. The number of allylic oxidation sites excluding steroid dienone is 1. The average Bonchev–Trinajstić information content (AvgIpc) is 3.09. The van der Waals surface area contributed by atoms with Gasteiger partial charge in [-0.15, -0.1) is 0 Å². The van der Waals surface area contributed by atoms with Gasteiger partial charge in [-0.3, -0.25) is 0 Å². The Morgan fingerprint density at radius 2 is 2.06 bits per heavy atom. The van der Waals surface area contributed by atoms with E-state index in [1.807, 2.05) is 18.3 Å². The van der Waals surface area contributed by atoms with Crippen LogP contribution in [0.5, 0.6) is 5.75 Å². The third-order valence-corrected chi connectivity index (χ3v) is 8.65. The molecule has 2 fully saturated rings. The molecular formula is C27H35NO3. The first kappa shape index (κ1) is 20.7. The highest BCUT2D eigenvalue weighted by Gasteiger charge is 2.56. The number of benzene rings is 1. The molecule has 0 saturated heterocycles. The Labute approximate surface area is 186 Å². The van der Waals surface area contributed by atoms with Crippen molar-refractivity contribution in [2.75, 3.05) is 0 Å². The molecule has 5 atom stereocenters. The van der Waals surface area contributed by atoms with Gasteiger partial charge < -0.3 is 14.7 Å². The molecule has 1 heterocycles. The van der Waals surface area contributed by atoms with Gasteiger partial charge >= 0.3 is 5.97 Å². The van der Waals surface area contributed by atoms with E-state index in [9.17, 15) is 9.90 Å². The standard InChI is InChI=1S/C27H35NO3/c1-17(2)28-14-4-5-19(16-28)26(30)31-25-11-10-24-23-8-6-18-15-20(29)7-9-21(18)22(23)12-13-27(24,25)3/h4,7,9,14-17,22-25,29H,5-6,8,10-13H2,1-3H3/t22-,23-,24+,25-,27+/m1/s1. The molecule has 0 radical (unpaired) electrons. The van der Waals surface area contributed by atoms with E-state index in [2.05, 4.69) is 44.0 Å². The smallest absolute Gasteiger partial charge is 0.336 e. The van der Waals surface area contributed by atoms with Gasteiger partial charge in [0, 0.05) is 30.3 Å². The van der Waals surface area contributed by atoms with Gasteiger partial charge in [0.15, 0.2) is 0 Å². The molecule has 0 aromatic heterocycles. The summed E-state index contributed by atoms with van der Waals surface area (Å²) in [6, 6.07) is 6.30. The largest absolute Gasteiger partial charge is 0.508 e. The highest BCUT2D eigenvalue weighted by molar-refractivity contribution is 5.89. The van der Waals surface area contributed by atoms with Gasteiger partial charge in [-0.05, 0) is 93.4 Å². The van der Waals surface area contributed by atoms with Crippen LogP contribution < -0.4 is 0 Å². The van der Waals surface area contributed by atoms with Gasteiger partial charge in [-0.2, -0.15) is 0 Å². The zero-order chi connectivity index (χ0) is 21.8. The first-order chi connectivity index (χ1) is 14.9. The molecule has 3 aliphatic carbocycles. The van der Waals surface area contributed by atoms with Crippen LogP contribution in [0.4, 0.5) is 0 Å². The van der Waals surface area contributed by atoms with Crippen LogP contribution in [0.3, 0.4) is 0 Å². The fraction of sp³-hybridized carbons (Fsp3) is 0.593. The highest BCUT2D eigenvalue weighted by Crippen LogP contribution is 2.61. The van der Waals surface area contributed by atoms with Crippen molar-refractivity contribution in [3.8, 4) is 5.75 Å². The fourth-order valence-corrected chi connectivity index (χ4v) is 6.95. The molecule has 1 aromatic carbocycles. The molecule has 5 rings (SSSR count). The number of hydrogen-bond donors (Lipinski definition) is 1. The highest BCUT2D eigenvalue weighted by atomic mass is 16.5. The topological polar surface area (TPSA) is 49.8 Å². The van der Waals surface area contributed by atoms with Gasteiger partial charge in [0.25, 0.3) is 0 Å². The Hall–Kier alpha value is -2.23. The number of fused-ring (bicyclic) bond motifs is 5. The van der Waals surface area contributed by atoms with Gasteiger partial charge in [0.1, 0.15) is 11.9 Å². The minimum absolute atomic E-state index is 0.0199. The summed E-state index contributed by atoms with van der Waals surface area (Å²) in [7, 11) is 0. The first-order valence-corrected chi connectivity index (χ1v) is 12.0. The Kier molecular flexibility index (Phi) is 5.15. The van der Waals surface area contributed by atoms with E-state index in [-0.39, 0.29) is 17.5 Å². The van der Waals surface area contributed by atoms with E-state index in [1.165, 1.54) is 17.5 Å². The Balaban J connectivity index is 1.32. The monoisotopic (exact) mass is 421 g/mol. The lowest BCUT2D eigenvalue weighted by Gasteiger charge is -2.50. The third kappa shape index (κ3) is 3.48. The van der Waals surface area contributed by atoms with Crippen LogP contribution in [0.15, 0.2) is 42.2 Å². The molecular weight excluding hydrogens is 386 g/mol. The van der Waals surface area contributed by atoms with Crippen molar-refractivity contribution in [3.63, 3.8) is 0 Å². The lowest BCUT2D eigenvalue weighted by atomic mass is 9.55. The molecule has 0 spiro atoms. The number of phenolic OH excluding ortho intramolecular Hbond substituents is 1. The molecule has 166 valence electrons. The number of carbonyl (C=O) groups excluding carboxylic acids is 1. The van der Waals surface area contributed by atoms with Gasteiger partial charge in [0.05, 0.1) is 5.57 Å². The molecule has 0 unspecified atom stereocenters. The van der Waals surface area contributed by atoms with Crippen molar-refractivity contribution in [2.24, 2.45) is 17.3 Å². The first-order valence-electron chi connectivity index (χ1n) is 12.0. The number of hydrogen-bond acceptors (Lipinski definition) is 4. The predicted molar refractivity (Wildman–Crippen MR) is 121 cm³/mol. The van der Waals surface area contributed by atoms with Crippen molar-refractivity contribution in [3.05, 3.63) is 53.4 Å². The molecule has 0 amide bonds. The summed E-state index contributed by atoms with van der Waals surface area (Å²) in [5.41, 5.74) is 3.62. The SMILES string of the molecule is CC(C)N1C=CCC(C(=O)O[C@@H]2CC[C@H]3[C@@H]4CCc5cc(O)ccc5[C@H]4CC[C@]23C)=C1. The molecule has 0 bridgehead atoms. The Bertz CT molecular complexity index is 932. The number of nitrogens with zero attached hydrogens (tertiary/aromatic N) is 1. The van der Waals surface area contributed by atoms with Crippen LogP contribution in [-0.2, 0) is 16.0 Å². The van der Waals surface area contributed by atoms with Crippen molar-refractivity contribution < 1.29 is 14.6 Å². The number of carbonyl (C=O) groups is 1. The van der Waals surface area contributed by atoms with Crippen LogP contribution in [0.1, 0.15) is 76.3 Å². The number of phenols is 1. The van der Waals surface area contributed by atoms with Crippen LogP contribution in [-0.4, -0.2) is 28.1 Å². The molecule has 4 heteroatoms. The zero-order valence-corrected chi connectivity index (χ0v) is 19.0. The fourth-order valence-electron chi connectivity index (χ4n) is 6.95. The van der Waals surface area contributed by atoms with E-state index in [1.54, 1.807) is 0 Å². The lowest BCUT2D eigenvalue weighted by Crippen LogP contribution is -2.45. The minimum Gasteiger partial charge on any atom is -0.508 e. The molecule has 4 aliphatic rings. The molecule has 31 heavy (non-hydrogen) atoms. The number of aryl methyl sites for hydroxylation is 1. The van der Waals surface area contributed by atoms with Crippen molar-refractivity contribution in [2.45, 2.75) is 83.8 Å². The normalized spacial score (nSPS) is 34.1. The molecule has 1 aromatic rings. The molecule has 2 saturated carbocycles. The predicted octanol–water partition coefficient (Wildman–Crippen LogP) is 5.67. The summed E-state index contributed by atoms with van der Waals surface area (Å²) >= 11 is 0. The minimum atomic E-state index is -0.131. The number of rotatable bonds is 3. The van der Waals surface area contributed by atoms with Crippen LogP contribution in [0, 0.1) is 17.3 Å². The van der Waals surface area contributed by atoms with Crippen LogP contribution in [0.2, 0.25) is 0 Å². The van der Waals surface area contributed by atoms with E-state index in [4.69, 9.17) is 4.74 Å². The Morgan fingerprint density at radius 3 is 2.87 bits per heavy atom. The number of aromatic hydroxyl groups is 1. The molecule has 1 N–H and O–H groups in total.